The molecule has 0 atom stereocenters. The number of thioether (sulfide) groups is 1. The maximum Gasteiger partial charge on any atom is 0.241 e. The van der Waals surface area contributed by atoms with Gasteiger partial charge in [-0.05, 0) is 42.5 Å². The van der Waals surface area contributed by atoms with Crippen molar-refractivity contribution in [1.29, 1.82) is 5.26 Å². The van der Waals surface area contributed by atoms with Crippen molar-refractivity contribution in [3.05, 3.63) is 53.1 Å². The van der Waals surface area contributed by atoms with Gasteiger partial charge in [-0.15, -0.1) is 11.8 Å². The number of rotatable bonds is 1. The second kappa shape index (κ2) is 5.20. The molecule has 1 heterocycles. The molecule has 98 valence electrons. The minimum absolute atomic E-state index is 0.0227. The highest BCUT2D eigenvalue weighted by atomic mass is 35.5. The van der Waals surface area contributed by atoms with E-state index in [1.54, 1.807) is 23.1 Å². The van der Waals surface area contributed by atoms with Gasteiger partial charge in [0.1, 0.15) is 0 Å². The summed E-state index contributed by atoms with van der Waals surface area (Å²) in [7, 11) is 0. The fourth-order valence-electron chi connectivity index (χ4n) is 2.10. The van der Waals surface area contributed by atoms with E-state index in [0.717, 1.165) is 16.3 Å². The first-order valence-corrected chi connectivity index (χ1v) is 7.31. The van der Waals surface area contributed by atoms with Crippen molar-refractivity contribution >= 4 is 40.6 Å². The number of hydrogen-bond donors (Lipinski definition) is 0. The average molecular weight is 301 g/mol. The third-order valence-electron chi connectivity index (χ3n) is 3.02. The fraction of sp³-hybridized carbons (Fsp3) is 0.0667. The first kappa shape index (κ1) is 13.0. The van der Waals surface area contributed by atoms with Crippen molar-refractivity contribution < 1.29 is 4.79 Å². The van der Waals surface area contributed by atoms with Gasteiger partial charge in [-0.3, -0.25) is 9.69 Å². The van der Waals surface area contributed by atoms with E-state index in [1.807, 2.05) is 24.3 Å². The number of anilines is 2. The van der Waals surface area contributed by atoms with Gasteiger partial charge in [-0.2, -0.15) is 5.26 Å². The summed E-state index contributed by atoms with van der Waals surface area (Å²) in [5.74, 6) is 0.388. The largest absolute Gasteiger partial charge is 0.279 e. The van der Waals surface area contributed by atoms with Crippen LogP contribution in [0.1, 0.15) is 5.56 Å². The van der Waals surface area contributed by atoms with Crippen LogP contribution in [0.5, 0.6) is 0 Å². The lowest BCUT2D eigenvalue weighted by Crippen LogP contribution is -2.30. The number of carbonyl (C=O) groups is 1. The molecule has 2 aromatic rings. The third-order valence-corrected chi connectivity index (χ3v) is 4.30. The van der Waals surface area contributed by atoms with Gasteiger partial charge in [-0.1, -0.05) is 11.6 Å². The maximum atomic E-state index is 12.2. The van der Waals surface area contributed by atoms with Crippen molar-refractivity contribution in [3.8, 4) is 6.07 Å². The van der Waals surface area contributed by atoms with Crippen LogP contribution in [-0.4, -0.2) is 11.7 Å². The van der Waals surface area contributed by atoms with E-state index in [2.05, 4.69) is 6.07 Å². The molecule has 0 aromatic heterocycles. The second-order valence-corrected chi connectivity index (χ2v) is 5.74. The molecule has 3 nitrogen and oxygen atoms in total. The summed E-state index contributed by atoms with van der Waals surface area (Å²) in [4.78, 5) is 14.8. The first-order valence-electron chi connectivity index (χ1n) is 5.94. The number of amides is 1. The Morgan fingerprint density at radius 3 is 2.65 bits per heavy atom. The summed E-state index contributed by atoms with van der Waals surface area (Å²) in [6.07, 6.45) is 0. The Kier molecular flexibility index (Phi) is 3.39. The number of carbonyl (C=O) groups excluding carboxylic acids is 1. The predicted octanol–water partition coefficient (Wildman–Crippen LogP) is 3.98. The minimum Gasteiger partial charge on any atom is -0.279 e. The van der Waals surface area contributed by atoms with Gasteiger partial charge in [0.25, 0.3) is 0 Å². The summed E-state index contributed by atoms with van der Waals surface area (Å²) in [6, 6.07) is 14.6. The molecule has 0 bridgehead atoms. The molecule has 0 N–H and O–H groups in total. The molecule has 2 aromatic carbocycles. The molecule has 1 aliphatic heterocycles. The molecule has 0 unspecified atom stereocenters. The van der Waals surface area contributed by atoms with Crippen LogP contribution in [0.3, 0.4) is 0 Å². The topological polar surface area (TPSA) is 44.1 Å². The molecule has 0 saturated heterocycles. The van der Waals surface area contributed by atoms with Crippen molar-refractivity contribution in [2.24, 2.45) is 0 Å². The van der Waals surface area contributed by atoms with Gasteiger partial charge in [0.15, 0.2) is 0 Å². The van der Waals surface area contributed by atoms with Crippen molar-refractivity contribution in [3.63, 3.8) is 0 Å². The van der Waals surface area contributed by atoms with Crippen LogP contribution in [-0.2, 0) is 4.79 Å². The van der Waals surface area contributed by atoms with Crippen LogP contribution >= 0.6 is 23.4 Å². The van der Waals surface area contributed by atoms with E-state index >= 15 is 0 Å². The molecular weight excluding hydrogens is 292 g/mol. The SMILES string of the molecule is N#Cc1ccc2c(c1)SCC(=O)N2c1ccc(Cl)cc1. The Hall–Kier alpha value is -1.96. The highest BCUT2D eigenvalue weighted by molar-refractivity contribution is 8.00. The smallest absolute Gasteiger partial charge is 0.241 e. The van der Waals surface area contributed by atoms with Crippen molar-refractivity contribution in [1.82, 2.24) is 0 Å². The Balaban J connectivity index is 2.10. The average Bonchev–Trinajstić information content (AvgIpc) is 2.48. The summed E-state index contributed by atoms with van der Waals surface area (Å²) in [6.45, 7) is 0. The van der Waals surface area contributed by atoms with E-state index in [4.69, 9.17) is 16.9 Å². The first-order chi connectivity index (χ1) is 9.69. The quantitative estimate of drug-likeness (QED) is 0.800. The third kappa shape index (κ3) is 2.26. The van der Waals surface area contributed by atoms with Gasteiger partial charge in [-0.25, -0.2) is 0 Å². The molecular formula is C15H9ClN2OS. The van der Waals surface area contributed by atoms with E-state index in [9.17, 15) is 4.79 Å². The van der Waals surface area contributed by atoms with Crippen molar-refractivity contribution in [2.75, 3.05) is 10.7 Å². The van der Waals surface area contributed by atoms with Crippen LogP contribution in [0.2, 0.25) is 5.02 Å². The van der Waals surface area contributed by atoms with Crippen LogP contribution in [0.4, 0.5) is 11.4 Å². The second-order valence-electron chi connectivity index (χ2n) is 4.29. The molecule has 5 heteroatoms. The summed E-state index contributed by atoms with van der Waals surface area (Å²) >= 11 is 7.34. The minimum atomic E-state index is 0.0227. The lowest BCUT2D eigenvalue weighted by Gasteiger charge is -2.29. The normalized spacial score (nSPS) is 13.8. The van der Waals surface area contributed by atoms with Crippen LogP contribution in [0, 0.1) is 11.3 Å². The lowest BCUT2D eigenvalue weighted by molar-refractivity contribution is -0.115. The van der Waals surface area contributed by atoms with E-state index in [0.29, 0.717) is 16.3 Å². The number of fused-ring (bicyclic) bond motifs is 1. The van der Waals surface area contributed by atoms with Crippen LogP contribution in [0.25, 0.3) is 0 Å². The number of nitrogens with zero attached hydrogens (tertiary/aromatic N) is 2. The molecule has 1 aliphatic rings. The zero-order valence-corrected chi connectivity index (χ0v) is 11.9. The van der Waals surface area contributed by atoms with E-state index in [1.165, 1.54) is 11.8 Å². The molecule has 0 saturated carbocycles. The number of nitriles is 1. The highest BCUT2D eigenvalue weighted by Gasteiger charge is 2.26. The molecule has 3 rings (SSSR count). The summed E-state index contributed by atoms with van der Waals surface area (Å²) in [5.41, 5.74) is 2.19. The van der Waals surface area contributed by atoms with Gasteiger partial charge < -0.3 is 0 Å². The zero-order chi connectivity index (χ0) is 14.1. The highest BCUT2D eigenvalue weighted by Crippen LogP contribution is 2.40. The summed E-state index contributed by atoms with van der Waals surface area (Å²) < 4.78 is 0. The van der Waals surface area contributed by atoms with Gasteiger partial charge in [0.2, 0.25) is 5.91 Å². The molecule has 0 radical (unpaired) electrons. The predicted molar refractivity (Wildman–Crippen MR) is 80.5 cm³/mol. The number of hydrogen-bond acceptors (Lipinski definition) is 3. The van der Waals surface area contributed by atoms with Gasteiger partial charge >= 0.3 is 0 Å². The van der Waals surface area contributed by atoms with Crippen LogP contribution < -0.4 is 4.90 Å². The molecule has 20 heavy (non-hydrogen) atoms. The van der Waals surface area contributed by atoms with Gasteiger partial charge in [0, 0.05) is 15.6 Å². The Bertz CT molecular complexity index is 722. The van der Waals surface area contributed by atoms with Crippen LogP contribution in [0.15, 0.2) is 47.4 Å². The fourth-order valence-corrected chi connectivity index (χ4v) is 3.15. The summed E-state index contributed by atoms with van der Waals surface area (Å²) in [5, 5.41) is 9.58. The lowest BCUT2D eigenvalue weighted by atomic mass is 10.2. The Morgan fingerprint density at radius 1 is 1.20 bits per heavy atom. The standard InChI is InChI=1S/C15H9ClN2OS/c16-11-2-4-12(5-3-11)18-13-6-1-10(8-17)7-14(13)20-9-15(18)19/h1-7H,9H2. The zero-order valence-electron chi connectivity index (χ0n) is 10.3. The van der Waals surface area contributed by atoms with Gasteiger partial charge in [0.05, 0.1) is 23.1 Å². The molecule has 1 amide bonds. The van der Waals surface area contributed by atoms with Crippen molar-refractivity contribution in [2.45, 2.75) is 4.90 Å². The molecule has 0 fully saturated rings. The monoisotopic (exact) mass is 300 g/mol. The molecule has 0 aliphatic carbocycles. The maximum absolute atomic E-state index is 12.2. The van der Waals surface area contributed by atoms with E-state index in [-0.39, 0.29) is 5.91 Å². The number of halogens is 1. The number of benzene rings is 2. The molecule has 0 spiro atoms. The Morgan fingerprint density at radius 2 is 1.95 bits per heavy atom. The van der Waals surface area contributed by atoms with E-state index < -0.39 is 0 Å². The Labute approximate surface area is 125 Å².